The lowest BCUT2D eigenvalue weighted by atomic mass is 10.2. The minimum Gasteiger partial charge on any atom is -0.262 e. The summed E-state index contributed by atoms with van der Waals surface area (Å²) >= 11 is 7.31. The zero-order valence-electron chi connectivity index (χ0n) is 8.36. The van der Waals surface area contributed by atoms with Crippen molar-refractivity contribution in [2.45, 2.75) is 17.0 Å². The second-order valence-electron chi connectivity index (χ2n) is 3.06. The van der Waals surface area contributed by atoms with E-state index in [0.717, 1.165) is 10.7 Å². The lowest BCUT2D eigenvalue weighted by Gasteiger charge is -1.99. The number of hydrogen-bond donors (Lipinski definition) is 1. The van der Waals surface area contributed by atoms with Crippen LogP contribution in [0.4, 0.5) is 0 Å². The molecule has 0 atom stereocenters. The van der Waals surface area contributed by atoms with Crippen molar-refractivity contribution in [2.24, 2.45) is 0 Å². The zero-order valence-corrected chi connectivity index (χ0v) is 9.93. The summed E-state index contributed by atoms with van der Waals surface area (Å²) in [6.45, 7) is 1.84. The van der Waals surface area contributed by atoms with Crippen molar-refractivity contribution >= 4 is 23.4 Å². The number of H-pyrrole nitrogens is 1. The van der Waals surface area contributed by atoms with E-state index >= 15 is 0 Å². The van der Waals surface area contributed by atoms with E-state index in [0.29, 0.717) is 15.7 Å². The fourth-order valence-electron chi connectivity index (χ4n) is 1.12. The third kappa shape index (κ3) is 2.35. The van der Waals surface area contributed by atoms with E-state index in [9.17, 15) is 0 Å². The van der Waals surface area contributed by atoms with E-state index in [1.54, 1.807) is 12.1 Å². The number of aryl methyl sites for hydroxylation is 1. The van der Waals surface area contributed by atoms with Gasteiger partial charge in [0.15, 0.2) is 0 Å². The molecule has 1 aromatic heterocycles. The third-order valence-electron chi connectivity index (χ3n) is 1.85. The van der Waals surface area contributed by atoms with Crippen LogP contribution in [-0.4, -0.2) is 15.2 Å². The lowest BCUT2D eigenvalue weighted by molar-refractivity contribution is 0.969. The molecular weight excluding hydrogens is 244 g/mol. The van der Waals surface area contributed by atoms with Crippen molar-refractivity contribution in [1.29, 1.82) is 5.26 Å². The smallest absolute Gasteiger partial charge is 0.213 e. The highest BCUT2D eigenvalue weighted by atomic mass is 35.5. The van der Waals surface area contributed by atoms with Gasteiger partial charge in [-0.1, -0.05) is 11.6 Å². The van der Waals surface area contributed by atoms with Crippen LogP contribution in [0.15, 0.2) is 28.3 Å². The largest absolute Gasteiger partial charge is 0.262 e. The first kappa shape index (κ1) is 11.0. The van der Waals surface area contributed by atoms with Gasteiger partial charge in [-0.25, -0.2) is 4.98 Å². The molecule has 6 heteroatoms. The average Bonchev–Trinajstić information content (AvgIpc) is 2.64. The molecule has 0 spiro atoms. The van der Waals surface area contributed by atoms with Crippen molar-refractivity contribution < 1.29 is 0 Å². The molecule has 1 aromatic carbocycles. The highest BCUT2D eigenvalue weighted by Gasteiger charge is 2.05. The number of nitrogens with one attached hydrogen (secondary N) is 1. The molecule has 4 nitrogen and oxygen atoms in total. The van der Waals surface area contributed by atoms with E-state index in [1.807, 2.05) is 19.1 Å². The van der Waals surface area contributed by atoms with Gasteiger partial charge in [0.1, 0.15) is 11.9 Å². The number of rotatable bonds is 2. The van der Waals surface area contributed by atoms with Gasteiger partial charge < -0.3 is 0 Å². The van der Waals surface area contributed by atoms with Gasteiger partial charge in [0.25, 0.3) is 0 Å². The topological polar surface area (TPSA) is 65.4 Å². The molecule has 1 N–H and O–H groups in total. The van der Waals surface area contributed by atoms with E-state index in [2.05, 4.69) is 15.2 Å². The first-order valence-electron chi connectivity index (χ1n) is 4.45. The first-order chi connectivity index (χ1) is 7.69. The first-order valence-corrected chi connectivity index (χ1v) is 5.65. The van der Waals surface area contributed by atoms with Gasteiger partial charge in [0.2, 0.25) is 5.16 Å². The number of nitrogens with zero attached hydrogens (tertiary/aromatic N) is 3. The standard InChI is InChI=1S/C10H7ClN4S/c1-6-13-10(15-14-6)16-8-3-2-7(5-12)9(11)4-8/h2-4H,1H3,(H,13,14,15). The zero-order chi connectivity index (χ0) is 11.5. The van der Waals surface area contributed by atoms with Gasteiger partial charge in [0.05, 0.1) is 10.6 Å². The highest BCUT2D eigenvalue weighted by molar-refractivity contribution is 7.99. The predicted octanol–water partition coefficient (Wildman–Crippen LogP) is 2.79. The van der Waals surface area contributed by atoms with Crippen molar-refractivity contribution in [2.75, 3.05) is 0 Å². The lowest BCUT2D eigenvalue weighted by Crippen LogP contribution is -1.80. The minimum atomic E-state index is 0.444. The summed E-state index contributed by atoms with van der Waals surface area (Å²) in [6, 6.07) is 7.25. The third-order valence-corrected chi connectivity index (χ3v) is 3.01. The Balaban J connectivity index is 2.23. The van der Waals surface area contributed by atoms with E-state index in [-0.39, 0.29) is 0 Å². The van der Waals surface area contributed by atoms with Gasteiger partial charge in [-0.2, -0.15) is 5.26 Å². The van der Waals surface area contributed by atoms with Gasteiger partial charge in [0, 0.05) is 4.90 Å². The Morgan fingerprint density at radius 2 is 2.31 bits per heavy atom. The monoisotopic (exact) mass is 250 g/mol. The maximum Gasteiger partial charge on any atom is 0.213 e. The molecule has 0 aliphatic carbocycles. The van der Waals surface area contributed by atoms with Crippen LogP contribution in [0.1, 0.15) is 11.4 Å². The molecule has 2 aromatic rings. The highest BCUT2D eigenvalue weighted by Crippen LogP contribution is 2.28. The maximum absolute atomic E-state index is 8.73. The van der Waals surface area contributed by atoms with Crippen LogP contribution in [0, 0.1) is 18.3 Å². The Labute approximate surface area is 102 Å². The molecule has 0 aliphatic rings. The van der Waals surface area contributed by atoms with Crippen LogP contribution in [0.2, 0.25) is 5.02 Å². The Morgan fingerprint density at radius 3 is 2.88 bits per heavy atom. The number of aromatic amines is 1. The van der Waals surface area contributed by atoms with Crippen molar-refractivity contribution in [3.63, 3.8) is 0 Å². The molecule has 0 aliphatic heterocycles. The fourth-order valence-corrected chi connectivity index (χ4v) is 2.21. The Hall–Kier alpha value is -1.51. The van der Waals surface area contributed by atoms with Gasteiger partial charge in [-0.05, 0) is 36.9 Å². The van der Waals surface area contributed by atoms with Gasteiger partial charge in [-0.15, -0.1) is 5.10 Å². The number of benzene rings is 1. The van der Waals surface area contributed by atoms with Crippen LogP contribution in [0.25, 0.3) is 0 Å². The number of nitriles is 1. The second kappa shape index (κ2) is 4.56. The van der Waals surface area contributed by atoms with Crippen LogP contribution in [-0.2, 0) is 0 Å². The Morgan fingerprint density at radius 1 is 1.50 bits per heavy atom. The fraction of sp³-hybridized carbons (Fsp3) is 0.100. The van der Waals surface area contributed by atoms with Crippen LogP contribution >= 0.6 is 23.4 Å². The van der Waals surface area contributed by atoms with Crippen LogP contribution in [0.5, 0.6) is 0 Å². The second-order valence-corrected chi connectivity index (χ2v) is 4.51. The maximum atomic E-state index is 8.73. The molecule has 0 fully saturated rings. The van der Waals surface area contributed by atoms with E-state index in [4.69, 9.17) is 16.9 Å². The molecule has 0 radical (unpaired) electrons. The summed E-state index contributed by atoms with van der Waals surface area (Å²) in [4.78, 5) is 5.07. The van der Waals surface area contributed by atoms with Crippen molar-refractivity contribution in [1.82, 2.24) is 15.2 Å². The van der Waals surface area contributed by atoms with Crippen molar-refractivity contribution in [3.8, 4) is 6.07 Å². The van der Waals surface area contributed by atoms with Crippen LogP contribution < -0.4 is 0 Å². The molecule has 1 heterocycles. The predicted molar refractivity (Wildman–Crippen MR) is 61.4 cm³/mol. The Bertz CT molecular complexity index is 558. The molecular formula is C10H7ClN4S. The summed E-state index contributed by atoms with van der Waals surface area (Å²) < 4.78 is 0. The summed E-state index contributed by atoms with van der Waals surface area (Å²) in [7, 11) is 0. The molecule has 0 saturated carbocycles. The normalized spacial score (nSPS) is 10.1. The summed E-state index contributed by atoms with van der Waals surface area (Å²) in [5.41, 5.74) is 0.470. The number of hydrogen-bond acceptors (Lipinski definition) is 4. The average molecular weight is 251 g/mol. The van der Waals surface area contributed by atoms with Crippen LogP contribution in [0.3, 0.4) is 0 Å². The van der Waals surface area contributed by atoms with E-state index < -0.39 is 0 Å². The SMILES string of the molecule is Cc1nc(Sc2ccc(C#N)c(Cl)c2)n[nH]1. The minimum absolute atomic E-state index is 0.444. The van der Waals surface area contributed by atoms with Crippen molar-refractivity contribution in [3.05, 3.63) is 34.6 Å². The summed E-state index contributed by atoms with van der Waals surface area (Å²) in [6.07, 6.45) is 0. The summed E-state index contributed by atoms with van der Waals surface area (Å²) in [5.74, 6) is 0.766. The summed E-state index contributed by atoms with van der Waals surface area (Å²) in [5, 5.41) is 16.6. The van der Waals surface area contributed by atoms with Gasteiger partial charge >= 0.3 is 0 Å². The molecule has 0 unspecified atom stereocenters. The van der Waals surface area contributed by atoms with Gasteiger partial charge in [-0.3, -0.25) is 5.10 Å². The molecule has 0 bridgehead atoms. The molecule has 80 valence electrons. The number of halogens is 1. The molecule has 16 heavy (non-hydrogen) atoms. The quantitative estimate of drug-likeness (QED) is 0.890. The molecule has 0 amide bonds. The van der Waals surface area contributed by atoms with E-state index in [1.165, 1.54) is 11.8 Å². The Kier molecular flexibility index (Phi) is 3.13. The molecule has 0 saturated heterocycles. The number of aromatic nitrogens is 3. The molecule has 2 rings (SSSR count).